The Kier molecular flexibility index (Phi) is 3.14. The molecule has 1 N–H and O–H groups in total. The Bertz CT molecular complexity index is 381. The molecular weight excluding hydrogens is 212 g/mol. The third-order valence-corrected chi connectivity index (χ3v) is 3.93. The maximum absolute atomic E-state index is 4.32. The maximum Gasteiger partial charge on any atom is 0.147 e. The van der Waals surface area contributed by atoms with Gasteiger partial charge in [0.2, 0.25) is 0 Å². The average Bonchev–Trinajstić information content (AvgIpc) is 3.06. The van der Waals surface area contributed by atoms with Crippen LogP contribution in [0.5, 0.6) is 0 Å². The zero-order chi connectivity index (χ0) is 11.7. The normalized spacial score (nSPS) is 21.2. The van der Waals surface area contributed by atoms with Gasteiger partial charge in [0.1, 0.15) is 11.6 Å². The molecule has 94 valence electrons. The van der Waals surface area contributed by atoms with Crippen LogP contribution in [-0.2, 0) is 19.5 Å². The fourth-order valence-corrected chi connectivity index (χ4v) is 2.70. The summed E-state index contributed by atoms with van der Waals surface area (Å²) in [7, 11) is 0. The summed E-state index contributed by atoms with van der Waals surface area (Å²) in [5.74, 6) is 3.30. The molecule has 0 saturated heterocycles. The minimum atomic E-state index is 0.610. The van der Waals surface area contributed by atoms with Crippen LogP contribution in [0.1, 0.15) is 50.7 Å². The molecule has 4 heteroatoms. The van der Waals surface area contributed by atoms with Gasteiger partial charge in [-0.3, -0.25) is 0 Å². The Balaban J connectivity index is 1.55. The second kappa shape index (κ2) is 4.77. The van der Waals surface area contributed by atoms with Crippen LogP contribution < -0.4 is 5.32 Å². The van der Waals surface area contributed by atoms with Crippen LogP contribution in [0.4, 0.5) is 0 Å². The monoisotopic (exact) mass is 234 g/mol. The van der Waals surface area contributed by atoms with Crippen molar-refractivity contribution < 1.29 is 0 Å². The second-order valence-corrected chi connectivity index (χ2v) is 5.60. The van der Waals surface area contributed by atoms with E-state index in [1.807, 2.05) is 0 Å². The molecule has 1 aliphatic heterocycles. The molecule has 2 aliphatic rings. The number of aryl methyl sites for hydroxylation is 1. The van der Waals surface area contributed by atoms with Crippen LogP contribution in [0.15, 0.2) is 0 Å². The molecule has 17 heavy (non-hydrogen) atoms. The minimum Gasteiger partial charge on any atom is -0.314 e. The lowest BCUT2D eigenvalue weighted by Crippen LogP contribution is -2.28. The summed E-state index contributed by atoms with van der Waals surface area (Å²) in [6.45, 7) is 4.27. The molecule has 0 bridgehead atoms. The molecule has 1 atom stereocenters. The Labute approximate surface area is 103 Å². The van der Waals surface area contributed by atoms with E-state index < -0.39 is 0 Å². The van der Waals surface area contributed by atoms with Crippen molar-refractivity contribution in [2.24, 2.45) is 5.92 Å². The van der Waals surface area contributed by atoms with E-state index in [-0.39, 0.29) is 0 Å². The van der Waals surface area contributed by atoms with Crippen molar-refractivity contribution in [2.75, 3.05) is 0 Å². The molecule has 0 spiro atoms. The molecule has 0 aromatic carbocycles. The topological polar surface area (TPSA) is 42.7 Å². The maximum atomic E-state index is 4.32. The van der Waals surface area contributed by atoms with Gasteiger partial charge in [0.25, 0.3) is 0 Å². The van der Waals surface area contributed by atoms with Gasteiger partial charge in [-0.05, 0) is 32.1 Å². The predicted octanol–water partition coefficient (Wildman–Crippen LogP) is 1.89. The van der Waals surface area contributed by atoms with Gasteiger partial charge < -0.3 is 9.88 Å². The molecule has 1 aromatic rings. The third kappa shape index (κ3) is 2.68. The van der Waals surface area contributed by atoms with Crippen molar-refractivity contribution in [1.29, 1.82) is 0 Å². The van der Waals surface area contributed by atoms with Gasteiger partial charge in [-0.25, -0.2) is 0 Å². The molecule has 1 aliphatic carbocycles. The molecule has 4 nitrogen and oxygen atoms in total. The van der Waals surface area contributed by atoms with E-state index >= 15 is 0 Å². The largest absolute Gasteiger partial charge is 0.314 e. The van der Waals surface area contributed by atoms with E-state index in [9.17, 15) is 0 Å². The van der Waals surface area contributed by atoms with Crippen molar-refractivity contribution in [3.63, 3.8) is 0 Å². The number of hydrogen-bond acceptors (Lipinski definition) is 3. The summed E-state index contributed by atoms with van der Waals surface area (Å²) in [4.78, 5) is 0. The van der Waals surface area contributed by atoms with Crippen LogP contribution in [0.2, 0.25) is 0 Å². The fraction of sp³-hybridized carbons (Fsp3) is 0.846. The average molecular weight is 234 g/mol. The molecule has 3 rings (SSSR count). The highest BCUT2D eigenvalue weighted by Crippen LogP contribution is 2.33. The van der Waals surface area contributed by atoms with Crippen molar-refractivity contribution in [2.45, 2.75) is 64.6 Å². The lowest BCUT2D eigenvalue weighted by molar-refractivity contribution is 0.455. The molecule has 0 radical (unpaired) electrons. The standard InChI is InChI=1S/C13H22N4/c1-10(8-11-5-6-11)14-9-13-16-15-12-4-2-3-7-17(12)13/h10-11,14H,2-9H2,1H3. The van der Waals surface area contributed by atoms with Crippen molar-refractivity contribution >= 4 is 0 Å². The van der Waals surface area contributed by atoms with E-state index in [0.29, 0.717) is 6.04 Å². The van der Waals surface area contributed by atoms with Crippen molar-refractivity contribution in [1.82, 2.24) is 20.1 Å². The first-order valence-electron chi connectivity index (χ1n) is 6.97. The SMILES string of the molecule is CC(CC1CC1)NCc1nnc2n1CCCC2. The van der Waals surface area contributed by atoms with Crippen LogP contribution in [0.3, 0.4) is 0 Å². The zero-order valence-electron chi connectivity index (χ0n) is 10.7. The van der Waals surface area contributed by atoms with Crippen LogP contribution in [0, 0.1) is 5.92 Å². The Morgan fingerprint density at radius 3 is 3.06 bits per heavy atom. The first-order valence-corrected chi connectivity index (χ1v) is 6.97. The van der Waals surface area contributed by atoms with Crippen LogP contribution in [-0.4, -0.2) is 20.8 Å². The van der Waals surface area contributed by atoms with Gasteiger partial charge in [0.05, 0.1) is 6.54 Å². The predicted molar refractivity (Wildman–Crippen MR) is 66.6 cm³/mol. The minimum absolute atomic E-state index is 0.610. The molecule has 1 saturated carbocycles. The number of aromatic nitrogens is 3. The molecule has 1 fully saturated rings. The zero-order valence-corrected chi connectivity index (χ0v) is 10.7. The molecule has 2 heterocycles. The van der Waals surface area contributed by atoms with E-state index in [4.69, 9.17) is 0 Å². The lowest BCUT2D eigenvalue weighted by Gasteiger charge is -2.16. The van der Waals surface area contributed by atoms with Gasteiger partial charge in [-0.15, -0.1) is 10.2 Å². The van der Waals surface area contributed by atoms with E-state index in [1.54, 1.807) is 0 Å². The summed E-state index contributed by atoms with van der Waals surface area (Å²) in [6, 6.07) is 0.610. The van der Waals surface area contributed by atoms with E-state index in [1.165, 1.54) is 37.9 Å². The summed E-state index contributed by atoms with van der Waals surface area (Å²) in [5, 5.41) is 12.2. The molecule has 0 amide bonds. The van der Waals surface area contributed by atoms with Gasteiger partial charge in [0.15, 0.2) is 0 Å². The second-order valence-electron chi connectivity index (χ2n) is 5.60. The highest BCUT2D eigenvalue weighted by atomic mass is 15.3. The summed E-state index contributed by atoms with van der Waals surface area (Å²) >= 11 is 0. The number of hydrogen-bond donors (Lipinski definition) is 1. The molecular formula is C13H22N4. The highest BCUT2D eigenvalue weighted by Gasteiger charge is 2.23. The number of rotatable bonds is 5. The molecule has 1 unspecified atom stereocenters. The van der Waals surface area contributed by atoms with E-state index in [2.05, 4.69) is 27.0 Å². The first-order chi connectivity index (χ1) is 8.33. The highest BCUT2D eigenvalue weighted by molar-refractivity contribution is 4.98. The summed E-state index contributed by atoms with van der Waals surface area (Å²) < 4.78 is 2.31. The summed E-state index contributed by atoms with van der Waals surface area (Å²) in [6.07, 6.45) is 7.84. The molecule has 1 aromatic heterocycles. The smallest absolute Gasteiger partial charge is 0.147 e. The number of nitrogens with one attached hydrogen (secondary N) is 1. The van der Waals surface area contributed by atoms with Crippen molar-refractivity contribution in [3.8, 4) is 0 Å². The third-order valence-electron chi connectivity index (χ3n) is 3.93. The van der Waals surface area contributed by atoms with Crippen LogP contribution >= 0.6 is 0 Å². The number of fused-ring (bicyclic) bond motifs is 1. The van der Waals surface area contributed by atoms with Gasteiger partial charge in [-0.2, -0.15) is 0 Å². The quantitative estimate of drug-likeness (QED) is 0.846. The first kappa shape index (κ1) is 11.2. The Hall–Kier alpha value is -0.900. The van der Waals surface area contributed by atoms with Gasteiger partial charge in [0, 0.05) is 19.0 Å². The lowest BCUT2D eigenvalue weighted by atomic mass is 10.1. The van der Waals surface area contributed by atoms with Crippen LogP contribution in [0.25, 0.3) is 0 Å². The number of nitrogens with zero attached hydrogens (tertiary/aromatic N) is 3. The van der Waals surface area contributed by atoms with Gasteiger partial charge in [-0.1, -0.05) is 12.8 Å². The Morgan fingerprint density at radius 1 is 1.35 bits per heavy atom. The van der Waals surface area contributed by atoms with Crippen molar-refractivity contribution in [3.05, 3.63) is 11.6 Å². The summed E-state index contributed by atoms with van der Waals surface area (Å²) in [5.41, 5.74) is 0. The van der Waals surface area contributed by atoms with Gasteiger partial charge >= 0.3 is 0 Å². The fourth-order valence-electron chi connectivity index (χ4n) is 2.70. The Morgan fingerprint density at radius 2 is 2.24 bits per heavy atom. The van der Waals surface area contributed by atoms with E-state index in [0.717, 1.165) is 31.3 Å².